The number of H-pyrrole nitrogens is 1. The average molecular weight is 222 g/mol. The van der Waals surface area contributed by atoms with E-state index in [4.69, 9.17) is 5.73 Å². The second-order valence-corrected chi connectivity index (χ2v) is 4.86. The molecule has 2 atom stereocenters. The molecule has 0 spiro atoms. The van der Waals surface area contributed by atoms with Crippen LogP contribution in [0, 0.1) is 11.8 Å². The number of nitrogen functional groups attached to an aromatic ring is 1. The largest absolute Gasteiger partial charge is 0.382 e. The SMILES string of the molecule is CC1CC(C)CN(C(=O)c2cc(N)n[nH]2)C1. The Kier molecular flexibility index (Phi) is 2.85. The summed E-state index contributed by atoms with van der Waals surface area (Å²) in [5.74, 6) is 1.49. The molecule has 1 aliphatic rings. The molecule has 1 aliphatic heterocycles. The lowest BCUT2D eigenvalue weighted by molar-refractivity contribution is 0.0617. The van der Waals surface area contributed by atoms with Crippen LogP contribution in [-0.2, 0) is 0 Å². The minimum atomic E-state index is 0.00241. The minimum absolute atomic E-state index is 0.00241. The van der Waals surface area contributed by atoms with E-state index >= 15 is 0 Å². The highest BCUT2D eigenvalue weighted by Gasteiger charge is 2.26. The van der Waals surface area contributed by atoms with Crippen LogP contribution in [0.4, 0.5) is 5.82 Å². The van der Waals surface area contributed by atoms with Crippen LogP contribution >= 0.6 is 0 Å². The lowest BCUT2D eigenvalue weighted by atomic mass is 9.92. The first kappa shape index (κ1) is 11.0. The zero-order chi connectivity index (χ0) is 11.7. The number of carbonyl (C=O) groups excluding carboxylic acids is 1. The van der Waals surface area contributed by atoms with Crippen LogP contribution in [0.1, 0.15) is 30.8 Å². The summed E-state index contributed by atoms with van der Waals surface area (Å²) in [4.78, 5) is 14.0. The third-order valence-electron chi connectivity index (χ3n) is 2.98. The van der Waals surface area contributed by atoms with Crippen LogP contribution < -0.4 is 5.73 Å². The Hall–Kier alpha value is -1.52. The Morgan fingerprint density at radius 3 is 2.62 bits per heavy atom. The van der Waals surface area contributed by atoms with Gasteiger partial charge in [-0.25, -0.2) is 0 Å². The summed E-state index contributed by atoms with van der Waals surface area (Å²) in [5, 5.41) is 6.44. The van der Waals surface area contributed by atoms with Crippen molar-refractivity contribution in [1.29, 1.82) is 0 Å². The van der Waals surface area contributed by atoms with E-state index in [0.717, 1.165) is 13.1 Å². The number of carbonyl (C=O) groups is 1. The van der Waals surface area contributed by atoms with E-state index in [2.05, 4.69) is 24.0 Å². The van der Waals surface area contributed by atoms with Crippen LogP contribution in [-0.4, -0.2) is 34.1 Å². The van der Waals surface area contributed by atoms with Gasteiger partial charge in [0.25, 0.3) is 5.91 Å². The number of nitrogens with one attached hydrogen (secondary N) is 1. The van der Waals surface area contributed by atoms with Gasteiger partial charge in [0.1, 0.15) is 11.5 Å². The molecule has 2 heterocycles. The number of aromatic nitrogens is 2. The molecule has 2 rings (SSSR count). The Labute approximate surface area is 95.0 Å². The third-order valence-corrected chi connectivity index (χ3v) is 2.98. The molecule has 1 saturated heterocycles. The van der Waals surface area contributed by atoms with Gasteiger partial charge in [-0.3, -0.25) is 9.89 Å². The van der Waals surface area contributed by atoms with Gasteiger partial charge >= 0.3 is 0 Å². The fourth-order valence-corrected chi connectivity index (χ4v) is 2.45. The first-order valence-corrected chi connectivity index (χ1v) is 5.66. The van der Waals surface area contributed by atoms with Crippen molar-refractivity contribution in [3.05, 3.63) is 11.8 Å². The lowest BCUT2D eigenvalue weighted by Gasteiger charge is -2.34. The number of nitrogens with zero attached hydrogens (tertiary/aromatic N) is 2. The van der Waals surface area contributed by atoms with Crippen molar-refractivity contribution in [3.63, 3.8) is 0 Å². The van der Waals surface area contributed by atoms with Crippen molar-refractivity contribution in [2.45, 2.75) is 20.3 Å². The highest BCUT2D eigenvalue weighted by atomic mass is 16.2. The Balaban J connectivity index is 2.09. The predicted octanol–water partition coefficient (Wildman–Crippen LogP) is 1.11. The quantitative estimate of drug-likeness (QED) is 0.747. The number of anilines is 1. The zero-order valence-electron chi connectivity index (χ0n) is 9.73. The van der Waals surface area contributed by atoms with Gasteiger partial charge in [-0.2, -0.15) is 5.10 Å². The smallest absolute Gasteiger partial charge is 0.271 e. The maximum atomic E-state index is 12.1. The molecule has 3 N–H and O–H groups in total. The highest BCUT2D eigenvalue weighted by Crippen LogP contribution is 2.22. The topological polar surface area (TPSA) is 75.0 Å². The molecule has 0 saturated carbocycles. The van der Waals surface area contributed by atoms with Crippen molar-refractivity contribution < 1.29 is 4.79 Å². The van der Waals surface area contributed by atoms with Gasteiger partial charge in [0.2, 0.25) is 0 Å². The molecule has 5 nitrogen and oxygen atoms in total. The van der Waals surface area contributed by atoms with E-state index in [1.807, 2.05) is 4.90 Å². The van der Waals surface area contributed by atoms with Crippen LogP contribution in [0.5, 0.6) is 0 Å². The lowest BCUT2D eigenvalue weighted by Crippen LogP contribution is -2.42. The summed E-state index contributed by atoms with van der Waals surface area (Å²) < 4.78 is 0. The van der Waals surface area contributed by atoms with E-state index in [9.17, 15) is 4.79 Å². The molecule has 1 fully saturated rings. The maximum Gasteiger partial charge on any atom is 0.271 e. The number of piperidine rings is 1. The summed E-state index contributed by atoms with van der Waals surface area (Å²) >= 11 is 0. The average Bonchev–Trinajstić information content (AvgIpc) is 2.62. The predicted molar refractivity (Wildman–Crippen MR) is 61.8 cm³/mol. The van der Waals surface area contributed by atoms with Gasteiger partial charge in [0.05, 0.1) is 0 Å². The molecule has 1 aromatic heterocycles. The Morgan fingerprint density at radius 2 is 2.12 bits per heavy atom. The van der Waals surface area contributed by atoms with Gasteiger partial charge in [-0.05, 0) is 18.3 Å². The van der Waals surface area contributed by atoms with Crippen LogP contribution in [0.2, 0.25) is 0 Å². The van der Waals surface area contributed by atoms with Crippen molar-refractivity contribution in [3.8, 4) is 0 Å². The standard InChI is InChI=1S/C11H18N4O/c1-7-3-8(2)6-15(5-7)11(16)9-4-10(12)14-13-9/h4,7-8H,3,5-6H2,1-2H3,(H3,12,13,14). The molecule has 0 aromatic carbocycles. The monoisotopic (exact) mass is 222 g/mol. The third kappa shape index (κ3) is 2.18. The van der Waals surface area contributed by atoms with Crippen molar-refractivity contribution >= 4 is 11.7 Å². The van der Waals surface area contributed by atoms with Gasteiger partial charge < -0.3 is 10.6 Å². The van der Waals surface area contributed by atoms with Gasteiger partial charge in [-0.15, -0.1) is 0 Å². The summed E-state index contributed by atoms with van der Waals surface area (Å²) in [6.07, 6.45) is 1.19. The number of rotatable bonds is 1. The molecule has 0 bridgehead atoms. The molecule has 0 aliphatic carbocycles. The number of nitrogens with two attached hydrogens (primary N) is 1. The number of amides is 1. The van der Waals surface area contributed by atoms with Crippen LogP contribution in [0.3, 0.4) is 0 Å². The number of likely N-dealkylation sites (tertiary alicyclic amines) is 1. The maximum absolute atomic E-state index is 12.1. The Morgan fingerprint density at radius 1 is 1.50 bits per heavy atom. The second kappa shape index (κ2) is 4.15. The molecule has 2 unspecified atom stereocenters. The summed E-state index contributed by atoms with van der Waals surface area (Å²) in [5.41, 5.74) is 5.97. The first-order valence-electron chi connectivity index (χ1n) is 5.66. The fraction of sp³-hybridized carbons (Fsp3) is 0.636. The Bertz CT molecular complexity index is 377. The van der Waals surface area contributed by atoms with E-state index in [0.29, 0.717) is 23.3 Å². The minimum Gasteiger partial charge on any atom is -0.382 e. The van der Waals surface area contributed by atoms with E-state index < -0.39 is 0 Å². The molecule has 16 heavy (non-hydrogen) atoms. The molecule has 0 radical (unpaired) electrons. The summed E-state index contributed by atoms with van der Waals surface area (Å²) in [6, 6.07) is 1.59. The highest BCUT2D eigenvalue weighted by molar-refractivity contribution is 5.93. The molecule has 1 amide bonds. The summed E-state index contributed by atoms with van der Waals surface area (Å²) in [7, 11) is 0. The summed E-state index contributed by atoms with van der Waals surface area (Å²) in [6.45, 7) is 6.00. The van der Waals surface area contributed by atoms with Gasteiger partial charge in [0, 0.05) is 19.2 Å². The van der Waals surface area contributed by atoms with Gasteiger partial charge in [-0.1, -0.05) is 13.8 Å². The van der Waals surface area contributed by atoms with E-state index in [1.165, 1.54) is 6.42 Å². The van der Waals surface area contributed by atoms with Crippen LogP contribution in [0.15, 0.2) is 6.07 Å². The van der Waals surface area contributed by atoms with Crippen molar-refractivity contribution in [2.75, 3.05) is 18.8 Å². The fourth-order valence-electron chi connectivity index (χ4n) is 2.45. The van der Waals surface area contributed by atoms with E-state index in [1.54, 1.807) is 6.07 Å². The first-order chi connectivity index (χ1) is 7.56. The molecular weight excluding hydrogens is 204 g/mol. The molecular formula is C11H18N4O. The van der Waals surface area contributed by atoms with Crippen molar-refractivity contribution in [2.24, 2.45) is 11.8 Å². The number of hydrogen-bond acceptors (Lipinski definition) is 3. The number of aromatic amines is 1. The van der Waals surface area contributed by atoms with E-state index in [-0.39, 0.29) is 5.91 Å². The zero-order valence-corrected chi connectivity index (χ0v) is 9.73. The van der Waals surface area contributed by atoms with Crippen molar-refractivity contribution in [1.82, 2.24) is 15.1 Å². The molecule has 5 heteroatoms. The normalized spacial score (nSPS) is 25.8. The molecule has 1 aromatic rings. The second-order valence-electron chi connectivity index (χ2n) is 4.86. The molecule has 88 valence electrons. The number of hydrogen-bond donors (Lipinski definition) is 2. The van der Waals surface area contributed by atoms with Crippen LogP contribution in [0.25, 0.3) is 0 Å². The van der Waals surface area contributed by atoms with Gasteiger partial charge in [0.15, 0.2) is 0 Å².